The molecule has 0 saturated heterocycles. The highest BCUT2D eigenvalue weighted by Gasteiger charge is 2.30. The number of ether oxygens (including phenoxy) is 4. The minimum absolute atomic E-state index is 0.106. The summed E-state index contributed by atoms with van der Waals surface area (Å²) in [6.07, 6.45) is 52.5. The summed E-state index contributed by atoms with van der Waals surface area (Å²) >= 11 is 0. The number of hydrogen-bond donors (Lipinski definition) is 3. The van der Waals surface area contributed by atoms with Crippen molar-refractivity contribution in [2.75, 3.05) is 39.6 Å². The quantitative estimate of drug-likeness (QED) is 0.0222. The smallest absolute Gasteiger partial charge is 0.462 e. The Morgan fingerprint density at radius 3 is 0.800 bits per heavy atom. The summed E-state index contributed by atoms with van der Waals surface area (Å²) in [5.41, 5.74) is 0. The lowest BCUT2D eigenvalue weighted by atomic mass is 9.99. The molecule has 3 N–H and O–H groups in total. The van der Waals surface area contributed by atoms with Crippen LogP contribution in [0.25, 0.3) is 0 Å². The van der Waals surface area contributed by atoms with Crippen LogP contribution in [0.4, 0.5) is 0 Å². The van der Waals surface area contributed by atoms with Crippen molar-refractivity contribution in [1.82, 2.24) is 0 Å². The number of phosphoric ester groups is 2. The zero-order valence-corrected chi connectivity index (χ0v) is 63.9. The largest absolute Gasteiger partial charge is 0.472 e. The van der Waals surface area contributed by atoms with E-state index >= 15 is 0 Å². The molecule has 0 aliphatic heterocycles. The third-order valence-corrected chi connectivity index (χ3v) is 19.9. The molecule has 0 aliphatic carbocycles. The Morgan fingerprint density at radius 2 is 0.537 bits per heavy atom. The van der Waals surface area contributed by atoms with Gasteiger partial charge < -0.3 is 33.8 Å². The molecule has 0 heterocycles. The number of esters is 4. The maximum absolute atomic E-state index is 13.1. The van der Waals surface area contributed by atoms with Crippen LogP contribution in [0.2, 0.25) is 0 Å². The van der Waals surface area contributed by atoms with Crippen LogP contribution in [0.1, 0.15) is 389 Å². The zero-order chi connectivity index (χ0) is 70.1. The highest BCUT2D eigenvalue weighted by atomic mass is 31.2. The SMILES string of the molecule is CCCCCCCCCCCCCC(=O)OC[C@H](COP(=O)(O)OC[C@H](O)COP(=O)(O)OC[C@@H](COC(=O)CCCCCCCCCCCCC(C)CC)OC(=O)CCCCCCCCCCCCCCCCC(C)C)OC(=O)CCCCCCCCCCCCC(C)C. The fraction of sp³-hybridized carbons (Fsp3) is 0.947. The number of carbonyl (C=O) groups is 4. The van der Waals surface area contributed by atoms with Crippen LogP contribution in [0, 0.1) is 17.8 Å². The second-order valence-corrected chi connectivity index (χ2v) is 31.5. The van der Waals surface area contributed by atoms with Crippen LogP contribution in [0.5, 0.6) is 0 Å². The molecule has 564 valence electrons. The highest BCUT2D eigenvalue weighted by Crippen LogP contribution is 2.45. The van der Waals surface area contributed by atoms with Gasteiger partial charge in [-0.2, -0.15) is 0 Å². The van der Waals surface area contributed by atoms with Crippen molar-refractivity contribution in [2.24, 2.45) is 17.8 Å². The third kappa shape index (κ3) is 69.0. The number of aliphatic hydroxyl groups excluding tert-OH is 1. The predicted octanol–water partition coefficient (Wildman–Crippen LogP) is 22.2. The maximum Gasteiger partial charge on any atom is 0.472 e. The summed E-state index contributed by atoms with van der Waals surface area (Å²) in [5.74, 6) is 0.240. The van der Waals surface area contributed by atoms with E-state index in [-0.39, 0.29) is 25.7 Å². The predicted molar refractivity (Wildman–Crippen MR) is 386 cm³/mol. The van der Waals surface area contributed by atoms with Crippen molar-refractivity contribution in [3.63, 3.8) is 0 Å². The first kappa shape index (κ1) is 93.1. The highest BCUT2D eigenvalue weighted by molar-refractivity contribution is 7.47. The molecule has 95 heavy (non-hydrogen) atoms. The van der Waals surface area contributed by atoms with Crippen LogP contribution in [0.15, 0.2) is 0 Å². The first-order valence-corrected chi connectivity index (χ1v) is 42.4. The minimum Gasteiger partial charge on any atom is -0.462 e. The lowest BCUT2D eigenvalue weighted by molar-refractivity contribution is -0.161. The molecule has 0 aromatic rings. The molecule has 19 heteroatoms. The molecule has 0 aromatic heterocycles. The van der Waals surface area contributed by atoms with Gasteiger partial charge in [0.1, 0.15) is 19.3 Å². The number of aliphatic hydroxyl groups is 1. The standard InChI is InChI=1S/C76H148O17P2/c1-8-10-11-12-13-14-19-29-36-43-50-57-73(78)86-63-72(93-76(81)60-53-46-39-32-24-22-27-34-41-48-55-68(5)6)66-91-95(84,85)89-62-70(77)61-88-94(82,83)90-65-71(64-87-74(79)58-51-44-37-30-25-23-28-35-42-49-56-69(7)9-2)92-75(80)59-52-45-38-31-21-18-16-15-17-20-26-33-40-47-54-67(3)4/h67-72,77H,8-66H2,1-7H3,(H,82,83)(H,84,85)/t69?,70-,71-,72-/m1/s1. The van der Waals surface area contributed by atoms with Crippen molar-refractivity contribution in [1.29, 1.82) is 0 Å². The maximum atomic E-state index is 13.1. The molecule has 0 bridgehead atoms. The van der Waals surface area contributed by atoms with E-state index in [1.165, 1.54) is 199 Å². The Morgan fingerprint density at radius 1 is 0.305 bits per heavy atom. The summed E-state index contributed by atoms with van der Waals surface area (Å²) in [6.45, 7) is 11.9. The molecule has 3 unspecified atom stereocenters. The average molecular weight is 1400 g/mol. The van der Waals surface area contributed by atoms with E-state index in [0.717, 1.165) is 108 Å². The second kappa shape index (κ2) is 66.6. The van der Waals surface area contributed by atoms with Crippen molar-refractivity contribution < 1.29 is 80.2 Å². The molecule has 0 saturated carbocycles. The number of rotatable bonds is 74. The topological polar surface area (TPSA) is 237 Å². The van der Waals surface area contributed by atoms with Gasteiger partial charge in [0.05, 0.1) is 26.4 Å². The van der Waals surface area contributed by atoms with Gasteiger partial charge in [0.25, 0.3) is 0 Å². The number of unbranched alkanes of at least 4 members (excludes halogenated alkanes) is 41. The summed E-state index contributed by atoms with van der Waals surface area (Å²) in [5, 5.41) is 10.6. The van der Waals surface area contributed by atoms with Gasteiger partial charge >= 0.3 is 39.5 Å². The van der Waals surface area contributed by atoms with Gasteiger partial charge in [0, 0.05) is 25.7 Å². The van der Waals surface area contributed by atoms with Gasteiger partial charge in [0.15, 0.2) is 12.2 Å². The van der Waals surface area contributed by atoms with Gasteiger partial charge in [-0.05, 0) is 43.4 Å². The minimum atomic E-state index is -4.96. The molecule has 0 fully saturated rings. The van der Waals surface area contributed by atoms with Crippen molar-refractivity contribution >= 4 is 39.5 Å². The average Bonchev–Trinajstić information content (AvgIpc) is 2.06. The fourth-order valence-electron chi connectivity index (χ4n) is 11.6. The zero-order valence-electron chi connectivity index (χ0n) is 62.1. The van der Waals surface area contributed by atoms with Crippen LogP contribution in [-0.2, 0) is 65.4 Å². The molecule has 0 rings (SSSR count). The Kier molecular flexibility index (Phi) is 65.2. The molecule has 0 amide bonds. The van der Waals surface area contributed by atoms with Crippen LogP contribution in [0.3, 0.4) is 0 Å². The first-order chi connectivity index (χ1) is 45.8. The van der Waals surface area contributed by atoms with E-state index in [1.807, 2.05) is 0 Å². The molecule has 0 spiro atoms. The van der Waals surface area contributed by atoms with E-state index in [0.29, 0.717) is 25.7 Å². The van der Waals surface area contributed by atoms with E-state index in [4.69, 9.17) is 37.0 Å². The summed E-state index contributed by atoms with van der Waals surface area (Å²) < 4.78 is 68.5. The second-order valence-electron chi connectivity index (χ2n) is 28.6. The number of hydrogen-bond acceptors (Lipinski definition) is 15. The monoisotopic (exact) mass is 1400 g/mol. The molecule has 0 aliphatic rings. The van der Waals surface area contributed by atoms with Crippen LogP contribution >= 0.6 is 15.6 Å². The summed E-state index contributed by atoms with van der Waals surface area (Å²) in [4.78, 5) is 72.8. The Balaban J connectivity index is 5.26. The Hall–Kier alpha value is -1.94. The van der Waals surface area contributed by atoms with E-state index in [2.05, 4.69) is 48.5 Å². The van der Waals surface area contributed by atoms with Crippen molar-refractivity contribution in [2.45, 2.75) is 407 Å². The van der Waals surface area contributed by atoms with Crippen LogP contribution in [-0.4, -0.2) is 96.7 Å². The van der Waals surface area contributed by atoms with Gasteiger partial charge in [-0.15, -0.1) is 0 Å². The molecule has 17 nitrogen and oxygen atoms in total. The summed E-state index contributed by atoms with van der Waals surface area (Å²) in [6, 6.07) is 0. The summed E-state index contributed by atoms with van der Waals surface area (Å²) in [7, 11) is -9.91. The molecular weight excluding hydrogens is 1250 g/mol. The van der Waals surface area contributed by atoms with E-state index in [9.17, 15) is 43.2 Å². The number of carbonyl (C=O) groups excluding carboxylic acids is 4. The molecule has 0 aromatic carbocycles. The lowest BCUT2D eigenvalue weighted by Gasteiger charge is -2.21. The van der Waals surface area contributed by atoms with Gasteiger partial charge in [-0.25, -0.2) is 9.13 Å². The number of phosphoric acid groups is 2. The van der Waals surface area contributed by atoms with Crippen molar-refractivity contribution in [3.05, 3.63) is 0 Å². The first-order valence-electron chi connectivity index (χ1n) is 39.4. The van der Waals surface area contributed by atoms with Gasteiger partial charge in [-0.3, -0.25) is 37.3 Å². The van der Waals surface area contributed by atoms with Crippen LogP contribution < -0.4 is 0 Å². The van der Waals surface area contributed by atoms with Gasteiger partial charge in [0.2, 0.25) is 0 Å². The Bertz CT molecular complexity index is 1850. The molecule has 0 radical (unpaired) electrons. The van der Waals surface area contributed by atoms with Gasteiger partial charge in [-0.1, -0.05) is 337 Å². The van der Waals surface area contributed by atoms with E-state index in [1.54, 1.807) is 0 Å². The third-order valence-electron chi connectivity index (χ3n) is 18.0. The molecular formula is C76H148O17P2. The van der Waals surface area contributed by atoms with Crippen molar-refractivity contribution in [3.8, 4) is 0 Å². The molecule has 6 atom stereocenters. The van der Waals surface area contributed by atoms with E-state index < -0.39 is 97.5 Å². The normalized spacial score (nSPS) is 14.4. The lowest BCUT2D eigenvalue weighted by Crippen LogP contribution is -2.30. The Labute approximate surface area is 581 Å². The fourth-order valence-corrected chi connectivity index (χ4v) is 13.1.